The van der Waals surface area contributed by atoms with Gasteiger partial charge in [0.2, 0.25) is 0 Å². The van der Waals surface area contributed by atoms with Crippen molar-refractivity contribution in [2.75, 3.05) is 33.0 Å². The minimum absolute atomic E-state index is 0.236. The lowest BCUT2D eigenvalue weighted by Gasteiger charge is -2.16. The number of halogens is 1. The summed E-state index contributed by atoms with van der Waals surface area (Å²) in [6, 6.07) is 18.5. The largest absolute Gasteiger partial charge is 0.335 e. The zero-order valence-corrected chi connectivity index (χ0v) is 25.6. The van der Waals surface area contributed by atoms with Crippen molar-refractivity contribution < 1.29 is 27.2 Å². The van der Waals surface area contributed by atoms with Gasteiger partial charge in [-0.1, -0.05) is 40.2 Å². The van der Waals surface area contributed by atoms with Crippen LogP contribution >= 0.6 is 32.1 Å². The average Bonchev–Trinajstić information content (AvgIpc) is 2.90. The van der Waals surface area contributed by atoms with Crippen LogP contribution in [0.1, 0.15) is 56.9 Å². The van der Waals surface area contributed by atoms with E-state index in [0.29, 0.717) is 44.2 Å². The van der Waals surface area contributed by atoms with Crippen LogP contribution in [0.3, 0.4) is 0 Å². The van der Waals surface area contributed by atoms with Gasteiger partial charge in [0.15, 0.2) is 0 Å². The smallest absolute Gasteiger partial charge is 0.313 e. The van der Waals surface area contributed by atoms with Gasteiger partial charge in [0.1, 0.15) is 0 Å². The minimum Gasteiger partial charge on any atom is -0.313 e. The van der Waals surface area contributed by atoms with Crippen LogP contribution in [0.5, 0.6) is 0 Å². The molecule has 2 aromatic carbocycles. The summed E-state index contributed by atoms with van der Waals surface area (Å²) < 4.78 is 38.1. The topological polar surface area (TPSA) is 111 Å². The summed E-state index contributed by atoms with van der Waals surface area (Å²) in [6.07, 6.45) is 0.236. The molecule has 204 valence electrons. The summed E-state index contributed by atoms with van der Waals surface area (Å²) in [4.78, 5) is 0. The van der Waals surface area contributed by atoms with Gasteiger partial charge in [-0.2, -0.15) is 10.5 Å². The van der Waals surface area contributed by atoms with E-state index in [2.05, 4.69) is 22.0 Å². The molecular weight excluding hydrogens is 578 g/mol. The molecule has 37 heavy (non-hydrogen) atoms. The fourth-order valence-corrected chi connectivity index (χ4v) is 5.46. The molecular formula is C26H37BrN2O6P2. The summed E-state index contributed by atoms with van der Waals surface area (Å²) in [6.45, 7) is 12.0. The van der Waals surface area contributed by atoms with E-state index in [1.165, 1.54) is 5.56 Å². The van der Waals surface area contributed by atoms with E-state index in [4.69, 9.17) is 33.1 Å². The molecule has 0 saturated heterocycles. The number of rotatable bonds is 13. The van der Waals surface area contributed by atoms with Crippen LogP contribution in [0.25, 0.3) is 0 Å². The molecule has 0 amide bonds. The Morgan fingerprint density at radius 1 is 0.703 bits per heavy atom. The summed E-state index contributed by atoms with van der Waals surface area (Å²) in [5.41, 5.74) is 3.33. The van der Waals surface area contributed by atoms with Gasteiger partial charge in [-0.15, -0.1) is 0 Å². The Balaban J connectivity index is 0.000000559. The highest BCUT2D eigenvalue weighted by atomic mass is 79.9. The van der Waals surface area contributed by atoms with Gasteiger partial charge in [-0.3, -0.25) is 4.57 Å². The third-order valence-corrected chi connectivity index (χ3v) is 8.16. The molecule has 8 nitrogen and oxygen atoms in total. The normalized spacial score (nSPS) is 10.4. The SMILES string of the molecule is CCOP(=O)(Cc1ccc(C#N)cc1)OCC.CCOP(OCC)OCC.N#Cc1ccc(CBr)cc1. The Hall–Kier alpha value is -1.64. The van der Waals surface area contributed by atoms with Crippen molar-refractivity contribution in [1.29, 1.82) is 10.5 Å². The van der Waals surface area contributed by atoms with Gasteiger partial charge < -0.3 is 22.6 Å². The van der Waals surface area contributed by atoms with Crippen LogP contribution in [0.4, 0.5) is 0 Å². The van der Waals surface area contributed by atoms with Gasteiger partial charge in [0.05, 0.1) is 62.5 Å². The zero-order chi connectivity index (χ0) is 27.9. The maximum Gasteiger partial charge on any atom is 0.335 e. The van der Waals surface area contributed by atoms with Crippen molar-refractivity contribution in [2.45, 2.75) is 46.1 Å². The Bertz CT molecular complexity index is 954. The number of hydrogen-bond donors (Lipinski definition) is 0. The second-order valence-electron chi connectivity index (χ2n) is 6.83. The van der Waals surface area contributed by atoms with E-state index in [9.17, 15) is 4.57 Å². The van der Waals surface area contributed by atoms with Crippen molar-refractivity contribution >= 4 is 32.1 Å². The highest BCUT2D eigenvalue weighted by Crippen LogP contribution is 2.51. The molecule has 0 radical (unpaired) electrons. The quantitative estimate of drug-likeness (QED) is 0.164. The summed E-state index contributed by atoms with van der Waals surface area (Å²) in [7, 11) is -4.11. The maximum absolute atomic E-state index is 12.2. The number of alkyl halides is 1. The predicted octanol–water partition coefficient (Wildman–Crippen LogP) is 8.10. The molecule has 0 N–H and O–H groups in total. The molecule has 0 atom stereocenters. The number of benzene rings is 2. The molecule has 11 heteroatoms. The highest BCUT2D eigenvalue weighted by molar-refractivity contribution is 9.08. The van der Waals surface area contributed by atoms with Gasteiger partial charge >= 0.3 is 16.2 Å². The van der Waals surface area contributed by atoms with E-state index in [-0.39, 0.29) is 6.16 Å². The van der Waals surface area contributed by atoms with Crippen molar-refractivity contribution in [2.24, 2.45) is 0 Å². The van der Waals surface area contributed by atoms with Crippen LogP contribution in [0, 0.1) is 22.7 Å². The van der Waals surface area contributed by atoms with Crippen LogP contribution in [0.2, 0.25) is 0 Å². The van der Waals surface area contributed by atoms with Crippen molar-refractivity contribution in [3.63, 3.8) is 0 Å². The molecule has 0 aliphatic carbocycles. The molecule has 0 fully saturated rings. The van der Waals surface area contributed by atoms with Crippen LogP contribution < -0.4 is 0 Å². The van der Waals surface area contributed by atoms with Gasteiger partial charge in [0, 0.05) is 5.33 Å². The zero-order valence-electron chi connectivity index (χ0n) is 22.2. The van der Waals surface area contributed by atoms with Crippen molar-refractivity contribution in [1.82, 2.24) is 0 Å². The molecule has 0 saturated carbocycles. The molecule has 0 spiro atoms. The second-order valence-corrected chi connectivity index (χ2v) is 10.7. The third kappa shape index (κ3) is 16.7. The molecule has 0 unspecified atom stereocenters. The molecule has 0 aromatic heterocycles. The number of hydrogen-bond acceptors (Lipinski definition) is 8. The fraction of sp³-hybridized carbons (Fsp3) is 0.462. The molecule has 2 aromatic rings. The van der Waals surface area contributed by atoms with E-state index >= 15 is 0 Å². The minimum atomic E-state index is -3.05. The molecule has 0 bridgehead atoms. The van der Waals surface area contributed by atoms with Gasteiger partial charge in [-0.05, 0) is 70.0 Å². The van der Waals surface area contributed by atoms with Crippen molar-refractivity contribution in [3.8, 4) is 12.1 Å². The molecule has 2 rings (SSSR count). The first kappa shape index (κ1) is 35.4. The van der Waals surface area contributed by atoms with Crippen LogP contribution in [-0.2, 0) is 38.7 Å². The lowest BCUT2D eigenvalue weighted by Crippen LogP contribution is -1.99. The first-order valence-corrected chi connectivity index (χ1v) is 15.9. The lowest BCUT2D eigenvalue weighted by atomic mass is 10.2. The van der Waals surface area contributed by atoms with E-state index in [1.807, 2.05) is 51.1 Å². The summed E-state index contributed by atoms with van der Waals surface area (Å²) >= 11 is 3.32. The molecule has 0 aliphatic rings. The van der Waals surface area contributed by atoms with Gasteiger partial charge in [0.25, 0.3) is 0 Å². The summed E-state index contributed by atoms with van der Waals surface area (Å²) in [5, 5.41) is 18.0. The van der Waals surface area contributed by atoms with Crippen LogP contribution in [-0.4, -0.2) is 33.0 Å². The standard InChI is InChI=1S/C12H16NO3P.C8H6BrN.C6H15O3P/c1-3-15-17(14,16-4-2)10-12-7-5-11(9-13)6-8-12;9-5-7-1-3-8(6-10)4-2-7;1-4-7-10(8-5-2)9-6-3/h5-8H,3-4,10H2,1-2H3;1-4H,5H2;4-6H2,1-3H3. The maximum atomic E-state index is 12.2. The average molecular weight is 615 g/mol. The third-order valence-electron chi connectivity index (χ3n) is 4.05. The first-order valence-electron chi connectivity index (χ1n) is 12.0. The summed E-state index contributed by atoms with van der Waals surface area (Å²) in [5.74, 6) is 0. The van der Waals surface area contributed by atoms with Crippen molar-refractivity contribution in [3.05, 3.63) is 70.8 Å². The Kier molecular flexibility index (Phi) is 21.4. The van der Waals surface area contributed by atoms with E-state index in [0.717, 1.165) is 10.9 Å². The second kappa shape index (κ2) is 22.4. The Morgan fingerprint density at radius 3 is 1.38 bits per heavy atom. The predicted molar refractivity (Wildman–Crippen MR) is 151 cm³/mol. The first-order chi connectivity index (χ1) is 17.8. The number of nitriles is 2. The van der Waals surface area contributed by atoms with E-state index < -0.39 is 16.2 Å². The lowest BCUT2D eigenvalue weighted by molar-refractivity contribution is 0.176. The fourth-order valence-electron chi connectivity index (χ4n) is 2.53. The van der Waals surface area contributed by atoms with Gasteiger partial charge in [-0.25, -0.2) is 0 Å². The molecule has 0 aliphatic heterocycles. The Morgan fingerprint density at radius 2 is 1.08 bits per heavy atom. The monoisotopic (exact) mass is 614 g/mol. The van der Waals surface area contributed by atoms with E-state index in [1.54, 1.807) is 38.1 Å². The van der Waals surface area contributed by atoms with Crippen LogP contribution in [0.15, 0.2) is 48.5 Å². The number of nitrogens with zero attached hydrogens (tertiary/aromatic N) is 2. The highest BCUT2D eigenvalue weighted by Gasteiger charge is 2.23. The Labute approximate surface area is 231 Å². The molecule has 0 heterocycles.